The molecule has 1 atom stereocenters. The Morgan fingerprint density at radius 2 is 2.00 bits per heavy atom. The molecule has 0 spiro atoms. The highest BCUT2D eigenvalue weighted by molar-refractivity contribution is 6.30. The Labute approximate surface area is 114 Å². The molecule has 2 nitrogen and oxygen atoms in total. The second-order valence-electron chi connectivity index (χ2n) is 5.15. The summed E-state index contributed by atoms with van der Waals surface area (Å²) in [6.07, 6.45) is 0. The Bertz CT molecular complexity index is 372. The minimum absolute atomic E-state index is 0.183. The molecule has 1 rings (SSSR count). The van der Waals surface area contributed by atoms with E-state index in [9.17, 15) is 4.39 Å². The Kier molecular flexibility index (Phi) is 6.06. The number of rotatable bonds is 6. The predicted molar refractivity (Wildman–Crippen MR) is 75.4 cm³/mol. The molecule has 0 bridgehead atoms. The van der Waals surface area contributed by atoms with Gasteiger partial charge in [-0.15, -0.1) is 0 Å². The first-order valence-corrected chi connectivity index (χ1v) is 6.60. The van der Waals surface area contributed by atoms with Crippen molar-refractivity contribution in [3.63, 3.8) is 0 Å². The minimum atomic E-state index is -0.367. The van der Waals surface area contributed by atoms with Gasteiger partial charge in [0.15, 0.2) is 0 Å². The Morgan fingerprint density at radius 1 is 1.33 bits per heavy atom. The normalized spacial score (nSPS) is 13.3. The average molecular weight is 273 g/mol. The molecule has 0 aliphatic rings. The van der Waals surface area contributed by atoms with Crippen LogP contribution >= 0.6 is 11.6 Å². The lowest BCUT2D eigenvalue weighted by atomic mass is 10.0. The fourth-order valence-electron chi connectivity index (χ4n) is 2.03. The number of benzene rings is 1. The van der Waals surface area contributed by atoms with E-state index in [4.69, 9.17) is 11.6 Å². The van der Waals surface area contributed by atoms with Gasteiger partial charge in [-0.3, -0.25) is 0 Å². The van der Waals surface area contributed by atoms with Gasteiger partial charge in [0.1, 0.15) is 5.82 Å². The minimum Gasteiger partial charge on any atom is -0.311 e. The molecule has 1 N–H and O–H groups in total. The smallest absolute Gasteiger partial charge is 0.141 e. The standard InChI is InChI=1S/C14H22ClFN2/c1-10(2)14(18(3)4)9-17-8-11-5-6-13(16)12(15)7-11/h5-7,10,14,17H,8-9H2,1-4H3. The van der Waals surface area contributed by atoms with Crippen LogP contribution in [0, 0.1) is 11.7 Å². The summed E-state index contributed by atoms with van der Waals surface area (Å²) >= 11 is 5.75. The summed E-state index contributed by atoms with van der Waals surface area (Å²) in [7, 11) is 4.17. The lowest BCUT2D eigenvalue weighted by molar-refractivity contribution is 0.224. The van der Waals surface area contributed by atoms with Gasteiger partial charge in [0.05, 0.1) is 5.02 Å². The first-order valence-electron chi connectivity index (χ1n) is 6.23. The van der Waals surface area contributed by atoms with Crippen LogP contribution in [0.25, 0.3) is 0 Å². The van der Waals surface area contributed by atoms with E-state index in [0.29, 0.717) is 18.5 Å². The van der Waals surface area contributed by atoms with Crippen molar-refractivity contribution in [1.29, 1.82) is 0 Å². The summed E-state index contributed by atoms with van der Waals surface area (Å²) in [5.74, 6) is 0.220. The van der Waals surface area contributed by atoms with Crippen LogP contribution in [-0.4, -0.2) is 31.6 Å². The zero-order valence-electron chi connectivity index (χ0n) is 11.5. The van der Waals surface area contributed by atoms with Crippen molar-refractivity contribution in [3.8, 4) is 0 Å². The summed E-state index contributed by atoms with van der Waals surface area (Å²) in [5.41, 5.74) is 1.00. The summed E-state index contributed by atoms with van der Waals surface area (Å²) < 4.78 is 13.0. The number of nitrogens with one attached hydrogen (secondary N) is 1. The van der Waals surface area contributed by atoms with E-state index in [-0.39, 0.29) is 10.8 Å². The molecule has 0 aliphatic heterocycles. The van der Waals surface area contributed by atoms with Crippen LogP contribution in [0.4, 0.5) is 4.39 Å². The lowest BCUT2D eigenvalue weighted by Crippen LogP contribution is -2.41. The fourth-order valence-corrected chi connectivity index (χ4v) is 2.23. The molecule has 1 unspecified atom stereocenters. The maximum atomic E-state index is 13.0. The first-order chi connectivity index (χ1) is 8.41. The van der Waals surface area contributed by atoms with E-state index in [0.717, 1.165) is 12.1 Å². The number of nitrogens with zero attached hydrogens (tertiary/aromatic N) is 1. The largest absolute Gasteiger partial charge is 0.311 e. The molecule has 0 saturated carbocycles. The van der Waals surface area contributed by atoms with Crippen molar-refractivity contribution in [2.24, 2.45) is 5.92 Å². The van der Waals surface area contributed by atoms with E-state index in [1.54, 1.807) is 12.1 Å². The van der Waals surface area contributed by atoms with Gasteiger partial charge in [-0.25, -0.2) is 4.39 Å². The van der Waals surface area contributed by atoms with Crippen molar-refractivity contribution >= 4 is 11.6 Å². The van der Waals surface area contributed by atoms with E-state index >= 15 is 0 Å². The molecular formula is C14H22ClFN2. The highest BCUT2D eigenvalue weighted by atomic mass is 35.5. The second kappa shape index (κ2) is 7.07. The van der Waals surface area contributed by atoms with Crippen LogP contribution in [0.3, 0.4) is 0 Å². The third-order valence-corrected chi connectivity index (χ3v) is 3.39. The van der Waals surface area contributed by atoms with Crippen molar-refractivity contribution in [3.05, 3.63) is 34.6 Å². The van der Waals surface area contributed by atoms with Crippen LogP contribution in [0.1, 0.15) is 19.4 Å². The summed E-state index contributed by atoms with van der Waals surface area (Å²) in [4.78, 5) is 2.22. The topological polar surface area (TPSA) is 15.3 Å². The molecule has 0 fully saturated rings. The summed E-state index contributed by atoms with van der Waals surface area (Å²) in [6.45, 7) is 6.03. The molecule has 0 saturated heterocycles. The van der Waals surface area contributed by atoms with Crippen LogP contribution in [0.15, 0.2) is 18.2 Å². The van der Waals surface area contributed by atoms with Crippen molar-refractivity contribution < 1.29 is 4.39 Å². The van der Waals surface area contributed by atoms with Crippen molar-refractivity contribution in [2.75, 3.05) is 20.6 Å². The third kappa shape index (κ3) is 4.56. The van der Waals surface area contributed by atoms with E-state index in [2.05, 4.69) is 38.2 Å². The number of likely N-dealkylation sites (N-methyl/N-ethyl adjacent to an activating group) is 1. The zero-order valence-corrected chi connectivity index (χ0v) is 12.3. The maximum absolute atomic E-state index is 13.0. The van der Waals surface area contributed by atoms with Gasteiger partial charge in [-0.1, -0.05) is 31.5 Å². The molecule has 0 aromatic heterocycles. The lowest BCUT2D eigenvalue weighted by Gasteiger charge is -2.28. The molecule has 0 heterocycles. The van der Waals surface area contributed by atoms with Gasteiger partial charge in [0.2, 0.25) is 0 Å². The first kappa shape index (κ1) is 15.4. The van der Waals surface area contributed by atoms with Gasteiger partial charge >= 0.3 is 0 Å². The number of hydrogen-bond donors (Lipinski definition) is 1. The van der Waals surface area contributed by atoms with Gasteiger partial charge in [-0.2, -0.15) is 0 Å². The highest BCUT2D eigenvalue weighted by Crippen LogP contribution is 2.16. The number of halogens is 2. The third-order valence-electron chi connectivity index (χ3n) is 3.10. The van der Waals surface area contributed by atoms with Crippen LogP contribution in [0.2, 0.25) is 5.02 Å². The monoisotopic (exact) mass is 272 g/mol. The maximum Gasteiger partial charge on any atom is 0.141 e. The average Bonchev–Trinajstić information content (AvgIpc) is 2.28. The summed E-state index contributed by atoms with van der Waals surface area (Å²) in [5, 5.41) is 3.57. The highest BCUT2D eigenvalue weighted by Gasteiger charge is 2.14. The molecule has 0 radical (unpaired) electrons. The van der Waals surface area contributed by atoms with Crippen LogP contribution in [0.5, 0.6) is 0 Å². The Morgan fingerprint density at radius 3 is 2.50 bits per heavy atom. The van der Waals surface area contributed by atoms with E-state index in [1.807, 2.05) is 0 Å². The van der Waals surface area contributed by atoms with Gasteiger partial charge in [0.25, 0.3) is 0 Å². The zero-order chi connectivity index (χ0) is 13.7. The molecule has 0 amide bonds. The van der Waals surface area contributed by atoms with Gasteiger partial charge in [-0.05, 0) is 37.7 Å². The molecular weight excluding hydrogens is 251 g/mol. The van der Waals surface area contributed by atoms with Gasteiger partial charge in [0, 0.05) is 19.1 Å². The van der Waals surface area contributed by atoms with Crippen LogP contribution < -0.4 is 5.32 Å². The molecule has 0 aliphatic carbocycles. The molecule has 102 valence electrons. The SMILES string of the molecule is CC(C)C(CNCc1ccc(F)c(Cl)c1)N(C)C. The second-order valence-corrected chi connectivity index (χ2v) is 5.56. The molecule has 1 aromatic carbocycles. The number of hydrogen-bond acceptors (Lipinski definition) is 2. The fraction of sp³-hybridized carbons (Fsp3) is 0.571. The summed E-state index contributed by atoms with van der Waals surface area (Å²) in [6, 6.07) is 5.32. The predicted octanol–water partition coefficient (Wildman–Crippen LogP) is 3.15. The van der Waals surface area contributed by atoms with Crippen LogP contribution in [-0.2, 0) is 6.54 Å². The molecule has 4 heteroatoms. The Balaban J connectivity index is 2.47. The molecule has 18 heavy (non-hydrogen) atoms. The van der Waals surface area contributed by atoms with Gasteiger partial charge < -0.3 is 10.2 Å². The Hall–Kier alpha value is -0.640. The molecule has 1 aromatic rings. The van der Waals surface area contributed by atoms with E-state index < -0.39 is 0 Å². The quantitative estimate of drug-likeness (QED) is 0.856. The van der Waals surface area contributed by atoms with Crippen molar-refractivity contribution in [2.45, 2.75) is 26.4 Å². The van der Waals surface area contributed by atoms with Crippen molar-refractivity contribution in [1.82, 2.24) is 10.2 Å². The van der Waals surface area contributed by atoms with E-state index in [1.165, 1.54) is 6.07 Å².